The average Bonchev–Trinajstić information content (AvgIpc) is 1.98. The van der Waals surface area contributed by atoms with E-state index in [-0.39, 0.29) is 5.91 Å². The molecule has 0 aromatic carbocycles. The normalized spacial score (nSPS) is 9.27. The Morgan fingerprint density at radius 2 is 2.18 bits per heavy atom. The zero-order valence-corrected chi connectivity index (χ0v) is 6.63. The standard InChI is InChI=1S/C6H14N4O/c1-2-3-4-5(11)10(9)6(7)8/h2-4,9H2,1H3,(H3,7,8). The predicted molar refractivity (Wildman–Crippen MR) is 42.5 cm³/mol. The highest BCUT2D eigenvalue weighted by Crippen LogP contribution is 1.95. The van der Waals surface area contributed by atoms with E-state index in [1.54, 1.807) is 0 Å². The van der Waals surface area contributed by atoms with E-state index in [9.17, 15) is 4.79 Å². The number of nitrogens with one attached hydrogen (secondary N) is 1. The maximum absolute atomic E-state index is 10.9. The molecular formula is C6H14N4O. The molecule has 0 bridgehead atoms. The molecule has 0 aliphatic carbocycles. The second-order valence-electron chi connectivity index (χ2n) is 2.25. The van der Waals surface area contributed by atoms with Crippen molar-refractivity contribution >= 4 is 11.9 Å². The number of guanidine groups is 1. The fourth-order valence-electron chi connectivity index (χ4n) is 0.583. The van der Waals surface area contributed by atoms with Crippen molar-refractivity contribution in [1.82, 2.24) is 5.01 Å². The molecule has 0 aromatic rings. The molecule has 0 spiro atoms. The van der Waals surface area contributed by atoms with E-state index in [1.165, 1.54) is 0 Å². The SMILES string of the molecule is CCCCC(=O)N(N)C(=N)N. The number of amides is 1. The van der Waals surface area contributed by atoms with Crippen molar-refractivity contribution in [2.24, 2.45) is 11.6 Å². The number of nitrogens with two attached hydrogens (primary N) is 2. The maximum Gasteiger partial charge on any atom is 0.243 e. The first-order chi connectivity index (χ1) is 5.09. The molecule has 1 amide bonds. The van der Waals surface area contributed by atoms with Crippen molar-refractivity contribution in [2.75, 3.05) is 0 Å². The summed E-state index contributed by atoms with van der Waals surface area (Å²) in [5.74, 6) is 4.42. The van der Waals surface area contributed by atoms with Crippen LogP contribution >= 0.6 is 0 Å². The Balaban J connectivity index is 3.74. The second-order valence-corrected chi connectivity index (χ2v) is 2.25. The van der Waals surface area contributed by atoms with Crippen LogP contribution in [-0.2, 0) is 4.79 Å². The van der Waals surface area contributed by atoms with E-state index in [0.29, 0.717) is 11.4 Å². The summed E-state index contributed by atoms with van der Waals surface area (Å²) in [5, 5.41) is 7.49. The number of rotatable bonds is 3. The Hall–Kier alpha value is -1.10. The van der Waals surface area contributed by atoms with E-state index in [4.69, 9.17) is 17.0 Å². The van der Waals surface area contributed by atoms with Gasteiger partial charge in [0.2, 0.25) is 11.9 Å². The summed E-state index contributed by atoms with van der Waals surface area (Å²) < 4.78 is 0. The molecule has 0 aliphatic rings. The van der Waals surface area contributed by atoms with Crippen LogP contribution in [0.25, 0.3) is 0 Å². The lowest BCUT2D eigenvalue weighted by Gasteiger charge is -2.12. The van der Waals surface area contributed by atoms with Crippen LogP contribution in [0, 0.1) is 5.41 Å². The Kier molecular flexibility index (Phi) is 4.21. The number of hydrogen-bond donors (Lipinski definition) is 3. The first-order valence-corrected chi connectivity index (χ1v) is 3.51. The van der Waals surface area contributed by atoms with Gasteiger partial charge in [-0.2, -0.15) is 0 Å². The number of hydrogen-bond acceptors (Lipinski definition) is 3. The Morgan fingerprint density at radius 1 is 1.64 bits per heavy atom. The summed E-state index contributed by atoms with van der Waals surface area (Å²) in [5.41, 5.74) is 4.97. The molecule has 11 heavy (non-hydrogen) atoms. The van der Waals surface area contributed by atoms with Gasteiger partial charge in [-0.1, -0.05) is 13.3 Å². The first kappa shape index (κ1) is 9.90. The van der Waals surface area contributed by atoms with Crippen LogP contribution < -0.4 is 11.6 Å². The van der Waals surface area contributed by atoms with Crippen molar-refractivity contribution in [3.05, 3.63) is 0 Å². The molecule has 0 fully saturated rings. The van der Waals surface area contributed by atoms with Gasteiger partial charge < -0.3 is 5.73 Å². The van der Waals surface area contributed by atoms with Crippen LogP contribution in [0.2, 0.25) is 0 Å². The van der Waals surface area contributed by atoms with Gasteiger partial charge in [-0.3, -0.25) is 10.2 Å². The van der Waals surface area contributed by atoms with Gasteiger partial charge in [0.05, 0.1) is 0 Å². The van der Waals surface area contributed by atoms with Crippen molar-refractivity contribution in [2.45, 2.75) is 26.2 Å². The maximum atomic E-state index is 10.9. The topological polar surface area (TPSA) is 96.2 Å². The third-order valence-electron chi connectivity index (χ3n) is 1.27. The smallest absolute Gasteiger partial charge is 0.243 e. The summed E-state index contributed by atoms with van der Waals surface area (Å²) in [6, 6.07) is 0. The molecule has 0 radical (unpaired) electrons. The molecule has 0 unspecified atom stereocenters. The number of unbranched alkanes of at least 4 members (excludes halogenated alkanes) is 1. The van der Waals surface area contributed by atoms with Crippen LogP contribution in [0.3, 0.4) is 0 Å². The molecule has 5 N–H and O–H groups in total. The largest absolute Gasteiger partial charge is 0.369 e. The molecule has 5 heteroatoms. The van der Waals surface area contributed by atoms with Crippen LogP contribution in [-0.4, -0.2) is 16.9 Å². The Morgan fingerprint density at radius 3 is 2.55 bits per heavy atom. The van der Waals surface area contributed by atoms with Crippen molar-refractivity contribution in [3.8, 4) is 0 Å². The minimum atomic E-state index is -0.411. The van der Waals surface area contributed by atoms with Gasteiger partial charge in [0.1, 0.15) is 0 Å². The molecule has 64 valence electrons. The monoisotopic (exact) mass is 158 g/mol. The van der Waals surface area contributed by atoms with Crippen molar-refractivity contribution < 1.29 is 4.79 Å². The van der Waals surface area contributed by atoms with Crippen molar-refractivity contribution in [1.29, 1.82) is 5.41 Å². The highest BCUT2D eigenvalue weighted by Gasteiger charge is 2.09. The summed E-state index contributed by atoms with van der Waals surface area (Å²) >= 11 is 0. The Bertz CT molecular complexity index is 157. The minimum Gasteiger partial charge on any atom is -0.369 e. The molecule has 0 aliphatic heterocycles. The quantitative estimate of drug-likeness (QED) is 0.174. The third-order valence-corrected chi connectivity index (χ3v) is 1.27. The lowest BCUT2D eigenvalue weighted by Crippen LogP contribution is -2.46. The molecule has 0 atom stereocenters. The molecule has 0 rings (SSSR count). The van der Waals surface area contributed by atoms with Crippen molar-refractivity contribution in [3.63, 3.8) is 0 Å². The van der Waals surface area contributed by atoms with Crippen LogP contribution in [0.5, 0.6) is 0 Å². The minimum absolute atomic E-state index is 0.306. The third kappa shape index (κ3) is 3.57. The molecule has 5 nitrogen and oxygen atoms in total. The van der Waals surface area contributed by atoms with Gasteiger partial charge in [0, 0.05) is 6.42 Å². The molecule has 0 aromatic heterocycles. The van der Waals surface area contributed by atoms with Gasteiger partial charge in [0.25, 0.3) is 0 Å². The molecular weight excluding hydrogens is 144 g/mol. The van der Waals surface area contributed by atoms with Crippen LogP contribution in [0.15, 0.2) is 0 Å². The lowest BCUT2D eigenvalue weighted by atomic mass is 10.2. The van der Waals surface area contributed by atoms with E-state index in [0.717, 1.165) is 12.8 Å². The second kappa shape index (κ2) is 4.68. The van der Waals surface area contributed by atoms with Gasteiger partial charge in [-0.15, -0.1) is 0 Å². The zero-order valence-electron chi connectivity index (χ0n) is 6.63. The predicted octanol–water partition coefficient (Wildman–Crippen LogP) is -0.228. The first-order valence-electron chi connectivity index (χ1n) is 3.51. The van der Waals surface area contributed by atoms with Crippen LogP contribution in [0.4, 0.5) is 0 Å². The number of carbonyl (C=O) groups excluding carboxylic acids is 1. The number of nitrogens with zero attached hydrogens (tertiary/aromatic N) is 1. The van der Waals surface area contributed by atoms with Gasteiger partial charge in [0.15, 0.2) is 0 Å². The Labute approximate surface area is 65.8 Å². The van der Waals surface area contributed by atoms with E-state index < -0.39 is 5.96 Å². The average molecular weight is 158 g/mol. The summed E-state index contributed by atoms with van der Waals surface area (Å²) in [6.45, 7) is 1.97. The fourth-order valence-corrected chi connectivity index (χ4v) is 0.583. The van der Waals surface area contributed by atoms with Crippen LogP contribution in [0.1, 0.15) is 26.2 Å². The highest BCUT2D eigenvalue weighted by atomic mass is 16.2. The van der Waals surface area contributed by atoms with E-state index >= 15 is 0 Å². The molecule has 0 saturated heterocycles. The van der Waals surface area contributed by atoms with Gasteiger partial charge >= 0.3 is 0 Å². The molecule has 0 heterocycles. The fraction of sp³-hybridized carbons (Fsp3) is 0.667. The van der Waals surface area contributed by atoms with E-state index in [1.807, 2.05) is 6.92 Å². The lowest BCUT2D eigenvalue weighted by molar-refractivity contribution is -0.127. The number of carbonyl (C=O) groups is 1. The van der Waals surface area contributed by atoms with E-state index in [2.05, 4.69) is 0 Å². The summed E-state index contributed by atoms with van der Waals surface area (Å²) in [7, 11) is 0. The van der Waals surface area contributed by atoms with Gasteiger partial charge in [-0.05, 0) is 6.42 Å². The van der Waals surface area contributed by atoms with Gasteiger partial charge in [-0.25, -0.2) is 10.9 Å². The highest BCUT2D eigenvalue weighted by molar-refractivity contribution is 5.93. The summed E-state index contributed by atoms with van der Waals surface area (Å²) in [4.78, 5) is 10.9. The molecule has 0 saturated carbocycles. The number of hydrazine groups is 1. The summed E-state index contributed by atoms with van der Waals surface area (Å²) in [6.07, 6.45) is 2.06. The zero-order chi connectivity index (χ0) is 8.85.